The van der Waals surface area contributed by atoms with E-state index in [1.54, 1.807) is 26.2 Å². The van der Waals surface area contributed by atoms with E-state index in [-0.39, 0.29) is 5.97 Å². The van der Waals surface area contributed by atoms with Crippen LogP contribution in [0, 0.1) is 0 Å². The van der Waals surface area contributed by atoms with Gasteiger partial charge in [0.25, 0.3) is 0 Å². The van der Waals surface area contributed by atoms with E-state index < -0.39 is 16.1 Å². The molecule has 3 aromatic rings. The number of ether oxygens (including phenoxy) is 4. The van der Waals surface area contributed by atoms with E-state index in [2.05, 4.69) is 4.72 Å². The SMILES string of the molecule is CCOC(=O)CCCOc1cccc(C2Oc3cccc(OC)c3-c3ccc(NS(C)(=O)=O)cc32)c1. The number of esters is 1. The van der Waals surface area contributed by atoms with Gasteiger partial charge < -0.3 is 18.9 Å². The zero-order chi connectivity index (χ0) is 25.7. The van der Waals surface area contributed by atoms with Crippen LogP contribution in [0.1, 0.15) is 37.0 Å². The minimum absolute atomic E-state index is 0.241. The Balaban J connectivity index is 1.65. The largest absolute Gasteiger partial charge is 0.496 e. The molecule has 0 radical (unpaired) electrons. The maximum absolute atomic E-state index is 11.9. The second-order valence-corrected chi connectivity index (χ2v) is 10.1. The molecule has 0 saturated heterocycles. The van der Waals surface area contributed by atoms with Crippen LogP contribution in [-0.2, 0) is 19.6 Å². The van der Waals surface area contributed by atoms with Crippen LogP contribution in [0.4, 0.5) is 5.69 Å². The molecule has 36 heavy (non-hydrogen) atoms. The first-order valence-corrected chi connectivity index (χ1v) is 13.5. The van der Waals surface area contributed by atoms with E-state index in [0.717, 1.165) is 28.5 Å². The third-order valence-electron chi connectivity index (χ3n) is 5.62. The lowest BCUT2D eigenvalue weighted by Crippen LogP contribution is -2.17. The summed E-state index contributed by atoms with van der Waals surface area (Å²) in [5.41, 5.74) is 3.76. The van der Waals surface area contributed by atoms with Gasteiger partial charge in [-0.1, -0.05) is 24.3 Å². The standard InChI is InChI=1S/C27H29NO7S/c1-4-33-25(29)12-7-15-34-20-9-5-8-18(16-20)27-22-17-19(28-36(3,30)31)13-14-21(22)26-23(32-2)10-6-11-24(26)35-27/h5-6,8-11,13-14,16-17,27-28H,4,7,12,15H2,1-3H3. The quantitative estimate of drug-likeness (QED) is 0.304. The van der Waals surface area contributed by atoms with E-state index >= 15 is 0 Å². The summed E-state index contributed by atoms with van der Waals surface area (Å²) in [6, 6.07) is 18.5. The lowest BCUT2D eigenvalue weighted by Gasteiger charge is -2.30. The molecule has 4 rings (SSSR count). The Morgan fingerprint density at radius 2 is 1.89 bits per heavy atom. The molecule has 0 bridgehead atoms. The minimum atomic E-state index is -3.46. The average molecular weight is 512 g/mol. The molecular formula is C27H29NO7S. The Morgan fingerprint density at radius 3 is 2.64 bits per heavy atom. The summed E-state index contributed by atoms with van der Waals surface area (Å²) in [5.74, 6) is 1.73. The van der Waals surface area contributed by atoms with Crippen LogP contribution in [0.2, 0.25) is 0 Å². The van der Waals surface area contributed by atoms with E-state index in [1.165, 1.54) is 0 Å². The van der Waals surface area contributed by atoms with Crippen LogP contribution in [0.15, 0.2) is 60.7 Å². The summed E-state index contributed by atoms with van der Waals surface area (Å²) in [4.78, 5) is 11.5. The molecular weight excluding hydrogens is 482 g/mol. The lowest BCUT2D eigenvalue weighted by molar-refractivity contribution is -0.143. The summed E-state index contributed by atoms with van der Waals surface area (Å²) >= 11 is 0. The Morgan fingerprint density at radius 1 is 1.08 bits per heavy atom. The van der Waals surface area contributed by atoms with Crippen LogP contribution in [0.5, 0.6) is 17.2 Å². The number of rotatable bonds is 10. The highest BCUT2D eigenvalue weighted by Gasteiger charge is 2.30. The number of carbonyl (C=O) groups is 1. The highest BCUT2D eigenvalue weighted by atomic mass is 32.2. The molecule has 1 unspecified atom stereocenters. The number of anilines is 1. The van der Waals surface area contributed by atoms with Crippen molar-refractivity contribution < 1.29 is 32.2 Å². The topological polar surface area (TPSA) is 100 Å². The lowest BCUT2D eigenvalue weighted by atomic mass is 9.88. The molecule has 0 aromatic heterocycles. The first-order chi connectivity index (χ1) is 17.3. The first kappa shape index (κ1) is 25.4. The van der Waals surface area contributed by atoms with Gasteiger partial charge in [-0.2, -0.15) is 0 Å². The summed E-state index contributed by atoms with van der Waals surface area (Å²) in [6.07, 6.45) is 1.44. The fraction of sp³-hybridized carbons (Fsp3) is 0.296. The summed E-state index contributed by atoms with van der Waals surface area (Å²) in [6.45, 7) is 2.51. The van der Waals surface area contributed by atoms with Crippen molar-refractivity contribution in [1.29, 1.82) is 0 Å². The van der Waals surface area contributed by atoms with Crippen LogP contribution < -0.4 is 18.9 Å². The molecule has 190 valence electrons. The van der Waals surface area contributed by atoms with Crippen molar-refractivity contribution in [2.75, 3.05) is 31.3 Å². The predicted molar refractivity (Wildman–Crippen MR) is 137 cm³/mol. The van der Waals surface area contributed by atoms with Crippen molar-refractivity contribution in [2.24, 2.45) is 0 Å². The molecule has 1 heterocycles. The van der Waals surface area contributed by atoms with Gasteiger partial charge in [-0.05, 0) is 55.3 Å². The molecule has 0 spiro atoms. The van der Waals surface area contributed by atoms with E-state index in [0.29, 0.717) is 49.0 Å². The maximum atomic E-state index is 11.9. The van der Waals surface area contributed by atoms with Crippen molar-refractivity contribution in [3.05, 3.63) is 71.8 Å². The van der Waals surface area contributed by atoms with Crippen molar-refractivity contribution in [3.8, 4) is 28.4 Å². The highest BCUT2D eigenvalue weighted by Crippen LogP contribution is 2.49. The van der Waals surface area contributed by atoms with Crippen molar-refractivity contribution >= 4 is 21.7 Å². The molecule has 0 aliphatic carbocycles. The number of hydrogen-bond acceptors (Lipinski definition) is 7. The number of hydrogen-bond donors (Lipinski definition) is 1. The number of benzene rings is 3. The fourth-order valence-corrected chi connectivity index (χ4v) is 4.73. The number of sulfonamides is 1. The number of carbonyl (C=O) groups excluding carboxylic acids is 1. The number of nitrogens with one attached hydrogen (secondary N) is 1. The smallest absolute Gasteiger partial charge is 0.305 e. The average Bonchev–Trinajstić information content (AvgIpc) is 2.85. The highest BCUT2D eigenvalue weighted by molar-refractivity contribution is 7.92. The third kappa shape index (κ3) is 5.91. The molecule has 1 aliphatic heterocycles. The molecule has 1 atom stereocenters. The van der Waals surface area contributed by atoms with Gasteiger partial charge in [0.1, 0.15) is 23.4 Å². The van der Waals surface area contributed by atoms with Gasteiger partial charge in [0, 0.05) is 23.2 Å². The summed E-state index contributed by atoms with van der Waals surface area (Å²) < 4.78 is 49.1. The molecule has 1 aliphatic rings. The Bertz CT molecular complexity index is 1350. The third-order valence-corrected chi connectivity index (χ3v) is 6.23. The molecule has 0 saturated carbocycles. The summed E-state index contributed by atoms with van der Waals surface area (Å²) in [5, 5.41) is 0. The molecule has 3 aromatic carbocycles. The second kappa shape index (κ2) is 10.9. The fourth-order valence-electron chi connectivity index (χ4n) is 4.17. The molecule has 9 heteroatoms. The first-order valence-electron chi connectivity index (χ1n) is 11.6. The van der Waals surface area contributed by atoms with Crippen LogP contribution in [0.3, 0.4) is 0 Å². The van der Waals surface area contributed by atoms with Gasteiger partial charge in [0.05, 0.1) is 32.1 Å². The number of methoxy groups -OCH3 is 1. The van der Waals surface area contributed by atoms with Crippen LogP contribution in [-0.4, -0.2) is 41.0 Å². The van der Waals surface area contributed by atoms with Gasteiger partial charge in [-0.25, -0.2) is 8.42 Å². The van der Waals surface area contributed by atoms with Gasteiger partial charge in [0.2, 0.25) is 10.0 Å². The van der Waals surface area contributed by atoms with E-state index in [9.17, 15) is 13.2 Å². The van der Waals surface area contributed by atoms with Crippen LogP contribution in [0.25, 0.3) is 11.1 Å². The number of fused-ring (bicyclic) bond motifs is 3. The summed E-state index contributed by atoms with van der Waals surface area (Å²) in [7, 11) is -1.86. The van der Waals surface area contributed by atoms with Gasteiger partial charge in [-0.15, -0.1) is 0 Å². The van der Waals surface area contributed by atoms with Crippen molar-refractivity contribution in [1.82, 2.24) is 0 Å². The van der Waals surface area contributed by atoms with Gasteiger partial charge in [-0.3, -0.25) is 9.52 Å². The molecule has 1 N–H and O–H groups in total. The second-order valence-electron chi connectivity index (χ2n) is 8.34. The zero-order valence-corrected chi connectivity index (χ0v) is 21.3. The molecule has 0 fully saturated rings. The Labute approximate surface area is 211 Å². The van der Waals surface area contributed by atoms with Gasteiger partial charge in [0.15, 0.2) is 0 Å². The molecule has 8 nitrogen and oxygen atoms in total. The van der Waals surface area contributed by atoms with Crippen molar-refractivity contribution in [2.45, 2.75) is 25.9 Å². The normalized spacial score (nSPS) is 14.1. The zero-order valence-electron chi connectivity index (χ0n) is 20.4. The van der Waals surface area contributed by atoms with Crippen molar-refractivity contribution in [3.63, 3.8) is 0 Å². The molecule has 0 amide bonds. The Kier molecular flexibility index (Phi) is 7.69. The predicted octanol–water partition coefficient (Wildman–Crippen LogP) is 4.94. The van der Waals surface area contributed by atoms with Crippen LogP contribution >= 0.6 is 0 Å². The maximum Gasteiger partial charge on any atom is 0.305 e. The Hall–Kier alpha value is -3.72. The van der Waals surface area contributed by atoms with E-state index in [1.807, 2.05) is 48.5 Å². The van der Waals surface area contributed by atoms with Gasteiger partial charge >= 0.3 is 5.97 Å². The van der Waals surface area contributed by atoms with E-state index in [4.69, 9.17) is 18.9 Å². The minimum Gasteiger partial charge on any atom is -0.496 e. The monoisotopic (exact) mass is 511 g/mol.